The Kier molecular flexibility index (Phi) is 4.95. The van der Waals surface area contributed by atoms with Gasteiger partial charge < -0.3 is 0 Å². The third-order valence-corrected chi connectivity index (χ3v) is 6.57. The van der Waals surface area contributed by atoms with Gasteiger partial charge in [-0.1, -0.05) is 36.4 Å². The number of hydrogen-bond donors (Lipinski definition) is 0. The van der Waals surface area contributed by atoms with Gasteiger partial charge in [0.2, 0.25) is 10.3 Å². The van der Waals surface area contributed by atoms with Crippen molar-refractivity contribution >= 4 is 31.4 Å². The van der Waals surface area contributed by atoms with Crippen LogP contribution in [0, 0.1) is 0 Å². The Labute approximate surface area is 154 Å². The molecule has 124 valence electrons. The van der Waals surface area contributed by atoms with E-state index in [9.17, 15) is 0 Å². The minimum absolute atomic E-state index is 0.683. The van der Waals surface area contributed by atoms with Gasteiger partial charge in [0.25, 0.3) is 0 Å². The Morgan fingerprint density at radius 1 is 0.600 bits per heavy atom. The summed E-state index contributed by atoms with van der Waals surface area (Å²) in [6.07, 6.45) is 0. The van der Waals surface area contributed by atoms with E-state index in [0.29, 0.717) is 10.3 Å². The van der Waals surface area contributed by atoms with Gasteiger partial charge in [-0.25, -0.2) is 0 Å². The average Bonchev–Trinajstić information content (AvgIpc) is 3.33. The maximum absolute atomic E-state index is 4.06. The number of tetrazole rings is 2. The van der Waals surface area contributed by atoms with Crippen molar-refractivity contribution in [2.45, 2.75) is 10.3 Å². The summed E-state index contributed by atoms with van der Waals surface area (Å²) in [5.74, 6) is 0. The minimum Gasteiger partial charge on any atom is -0.187 e. The fraction of sp³-hybridized carbons (Fsp3) is 0. The molecular weight excluding hydrogens is 376 g/mol. The van der Waals surface area contributed by atoms with Gasteiger partial charge in [-0.3, -0.25) is 0 Å². The normalized spacial score (nSPS) is 10.9. The third kappa shape index (κ3) is 3.67. The molecule has 0 radical (unpaired) electrons. The molecule has 25 heavy (non-hydrogen) atoms. The highest BCUT2D eigenvalue weighted by Gasteiger charge is 2.13. The predicted octanol–water partition coefficient (Wildman–Crippen LogP) is 3.09. The molecule has 11 heteroatoms. The summed E-state index contributed by atoms with van der Waals surface area (Å²) in [5.41, 5.74) is 1.82. The van der Waals surface area contributed by atoms with E-state index in [0.717, 1.165) is 11.4 Å². The Bertz CT molecular complexity index is 863. The van der Waals surface area contributed by atoms with Crippen LogP contribution in [0.5, 0.6) is 0 Å². The predicted molar refractivity (Wildman–Crippen MR) is 97.6 cm³/mol. The van der Waals surface area contributed by atoms with Crippen LogP contribution in [-0.4, -0.2) is 40.4 Å². The van der Waals surface area contributed by atoms with Crippen LogP contribution in [0.2, 0.25) is 0 Å². The largest absolute Gasteiger partial charge is 0.225 e. The average molecular weight is 386 g/mol. The fourth-order valence-corrected chi connectivity index (χ4v) is 5.22. The maximum Gasteiger partial charge on any atom is 0.225 e. The summed E-state index contributed by atoms with van der Waals surface area (Å²) in [4.78, 5) is 0. The molecule has 0 unspecified atom stereocenters. The molecule has 2 aromatic heterocycles. The first-order chi connectivity index (χ1) is 12.4. The van der Waals surface area contributed by atoms with E-state index in [1.165, 1.54) is 31.4 Å². The number of para-hydroxylation sites is 2. The number of nitrogens with zero attached hydrogens (tertiary/aromatic N) is 8. The van der Waals surface area contributed by atoms with Crippen molar-refractivity contribution in [3.05, 3.63) is 60.7 Å². The van der Waals surface area contributed by atoms with Crippen molar-refractivity contribution < 1.29 is 0 Å². The van der Waals surface area contributed by atoms with E-state index in [-0.39, 0.29) is 0 Å². The second kappa shape index (κ2) is 7.68. The van der Waals surface area contributed by atoms with E-state index in [1.54, 1.807) is 9.36 Å². The van der Waals surface area contributed by atoms with Crippen LogP contribution in [0.3, 0.4) is 0 Å². The van der Waals surface area contributed by atoms with E-state index in [1.807, 2.05) is 60.7 Å². The Hall–Kier alpha value is -2.37. The molecule has 0 amide bonds. The van der Waals surface area contributed by atoms with Gasteiger partial charge in [0.15, 0.2) is 0 Å². The molecule has 0 bridgehead atoms. The molecule has 0 aliphatic rings. The van der Waals surface area contributed by atoms with Crippen LogP contribution >= 0.6 is 31.4 Å². The van der Waals surface area contributed by atoms with Crippen molar-refractivity contribution in [2.75, 3.05) is 0 Å². The maximum atomic E-state index is 4.06. The van der Waals surface area contributed by atoms with Crippen LogP contribution in [0.25, 0.3) is 11.4 Å². The molecule has 2 aromatic carbocycles. The Morgan fingerprint density at radius 3 is 1.48 bits per heavy atom. The van der Waals surface area contributed by atoms with Crippen molar-refractivity contribution in [3.8, 4) is 11.4 Å². The monoisotopic (exact) mass is 386 g/mol. The molecular formula is C14H10N8S3. The van der Waals surface area contributed by atoms with Crippen LogP contribution in [0.1, 0.15) is 0 Å². The van der Waals surface area contributed by atoms with Gasteiger partial charge in [-0.05, 0) is 76.5 Å². The summed E-state index contributed by atoms with van der Waals surface area (Å²) in [7, 11) is 4.39. The van der Waals surface area contributed by atoms with Crippen LogP contribution in [0.15, 0.2) is 71.0 Å². The lowest BCUT2D eigenvalue weighted by Gasteiger charge is -2.04. The highest BCUT2D eigenvalue weighted by atomic mass is 33.5. The quantitative estimate of drug-likeness (QED) is 0.464. The molecule has 0 saturated heterocycles. The zero-order valence-corrected chi connectivity index (χ0v) is 15.0. The van der Waals surface area contributed by atoms with Crippen molar-refractivity contribution in [2.24, 2.45) is 0 Å². The van der Waals surface area contributed by atoms with Gasteiger partial charge in [0, 0.05) is 0 Å². The number of benzene rings is 2. The molecule has 0 N–H and O–H groups in total. The number of rotatable bonds is 6. The zero-order chi connectivity index (χ0) is 16.9. The molecule has 2 heterocycles. The minimum atomic E-state index is 0.683. The molecule has 4 aromatic rings. The lowest BCUT2D eigenvalue weighted by atomic mass is 10.3. The first-order valence-electron chi connectivity index (χ1n) is 7.10. The zero-order valence-electron chi connectivity index (χ0n) is 12.6. The second-order valence-electron chi connectivity index (χ2n) is 4.65. The Morgan fingerprint density at radius 2 is 1.04 bits per heavy atom. The van der Waals surface area contributed by atoms with Crippen LogP contribution in [0.4, 0.5) is 0 Å². The standard InChI is InChI=1S/C14H10N8S3/c1-3-7-11(8-4-1)21-13(15-17-19-21)23-25-24-14-16-18-20-22(14)12-9-5-2-6-10-12/h1-10H. The van der Waals surface area contributed by atoms with E-state index in [2.05, 4.69) is 31.1 Å². The van der Waals surface area contributed by atoms with Crippen molar-refractivity contribution in [1.82, 2.24) is 40.4 Å². The summed E-state index contributed by atoms with van der Waals surface area (Å²) in [6, 6.07) is 19.5. The summed E-state index contributed by atoms with van der Waals surface area (Å²) in [6.45, 7) is 0. The lowest BCUT2D eigenvalue weighted by molar-refractivity contribution is 0.757. The van der Waals surface area contributed by atoms with E-state index < -0.39 is 0 Å². The highest BCUT2D eigenvalue weighted by molar-refractivity contribution is 9.09. The van der Waals surface area contributed by atoms with Gasteiger partial charge >= 0.3 is 0 Å². The van der Waals surface area contributed by atoms with Crippen molar-refractivity contribution in [3.63, 3.8) is 0 Å². The first kappa shape index (κ1) is 16.1. The smallest absolute Gasteiger partial charge is 0.187 e. The summed E-state index contributed by atoms with van der Waals surface area (Å²) >= 11 is 0. The van der Waals surface area contributed by atoms with E-state index >= 15 is 0 Å². The van der Waals surface area contributed by atoms with E-state index in [4.69, 9.17) is 0 Å². The lowest BCUT2D eigenvalue weighted by Crippen LogP contribution is -1.98. The molecule has 0 aliphatic carbocycles. The van der Waals surface area contributed by atoms with Gasteiger partial charge in [0.1, 0.15) is 0 Å². The SMILES string of the molecule is c1ccc(-n2nnnc2SSSc2nnnn2-c2ccccc2)cc1. The third-order valence-electron chi connectivity index (χ3n) is 3.10. The first-order valence-corrected chi connectivity index (χ1v) is 10.6. The van der Waals surface area contributed by atoms with Crippen LogP contribution < -0.4 is 0 Å². The number of aromatic nitrogens is 8. The fourth-order valence-electron chi connectivity index (χ4n) is 2.00. The molecule has 0 spiro atoms. The molecule has 4 rings (SSSR count). The van der Waals surface area contributed by atoms with Crippen molar-refractivity contribution in [1.29, 1.82) is 0 Å². The summed E-state index contributed by atoms with van der Waals surface area (Å²) in [5, 5.41) is 25.1. The molecule has 0 aliphatic heterocycles. The van der Waals surface area contributed by atoms with Gasteiger partial charge in [-0.2, -0.15) is 9.36 Å². The second-order valence-corrected chi connectivity index (χ2v) is 8.49. The van der Waals surface area contributed by atoms with Crippen LogP contribution in [-0.2, 0) is 0 Å². The molecule has 0 saturated carbocycles. The molecule has 0 fully saturated rings. The Balaban J connectivity index is 1.45. The number of hydrogen-bond acceptors (Lipinski definition) is 9. The van der Waals surface area contributed by atoms with Gasteiger partial charge in [0.05, 0.1) is 11.4 Å². The topological polar surface area (TPSA) is 87.2 Å². The molecule has 0 atom stereocenters. The van der Waals surface area contributed by atoms with Gasteiger partial charge in [-0.15, -0.1) is 10.2 Å². The highest BCUT2D eigenvalue weighted by Crippen LogP contribution is 2.43. The molecule has 8 nitrogen and oxygen atoms in total. The summed E-state index contributed by atoms with van der Waals surface area (Å²) < 4.78 is 3.39.